The van der Waals surface area contributed by atoms with E-state index in [4.69, 9.17) is 20.9 Å². The fourth-order valence-corrected chi connectivity index (χ4v) is 5.70. The van der Waals surface area contributed by atoms with Crippen LogP contribution in [0.5, 0.6) is 5.75 Å². The first-order valence-corrected chi connectivity index (χ1v) is 13.1. The van der Waals surface area contributed by atoms with E-state index >= 15 is 0 Å². The van der Waals surface area contributed by atoms with Gasteiger partial charge in [0.25, 0.3) is 0 Å². The van der Waals surface area contributed by atoms with Crippen molar-refractivity contribution >= 4 is 40.7 Å². The van der Waals surface area contributed by atoms with E-state index in [-0.39, 0.29) is 17.8 Å². The summed E-state index contributed by atoms with van der Waals surface area (Å²) >= 11 is 7.96. The zero-order chi connectivity index (χ0) is 26.3. The highest BCUT2D eigenvalue weighted by molar-refractivity contribution is 7.17. The quantitative estimate of drug-likeness (QED) is 0.228. The van der Waals surface area contributed by atoms with E-state index in [0.29, 0.717) is 28.6 Å². The van der Waals surface area contributed by atoms with Crippen LogP contribution < -0.4 is 10.1 Å². The van der Waals surface area contributed by atoms with Gasteiger partial charge in [-0.2, -0.15) is 0 Å². The third kappa shape index (κ3) is 5.12. The van der Waals surface area contributed by atoms with Crippen LogP contribution in [-0.2, 0) is 11.2 Å². The Hall–Kier alpha value is -3.62. The number of halogens is 1. The van der Waals surface area contributed by atoms with Crippen molar-refractivity contribution < 1.29 is 18.8 Å². The lowest BCUT2D eigenvalue weighted by molar-refractivity contribution is -0.116. The number of aryl methyl sites for hydroxylation is 2. The number of fused-ring (bicyclic) bond motifs is 1. The van der Waals surface area contributed by atoms with E-state index in [1.165, 1.54) is 17.4 Å². The minimum Gasteiger partial charge on any atom is -0.486 e. The maximum atomic E-state index is 12.5. The van der Waals surface area contributed by atoms with Crippen molar-refractivity contribution in [2.75, 3.05) is 6.54 Å². The maximum absolute atomic E-state index is 12.5. The van der Waals surface area contributed by atoms with Gasteiger partial charge in [-0.05, 0) is 75.2 Å². The van der Waals surface area contributed by atoms with Crippen molar-refractivity contribution in [1.29, 1.82) is 0 Å². The summed E-state index contributed by atoms with van der Waals surface area (Å²) in [6.45, 7) is 7.73. The molecule has 0 aliphatic carbocycles. The number of ketones is 1. The number of benzene rings is 1. The van der Waals surface area contributed by atoms with Crippen LogP contribution in [0.2, 0.25) is 5.02 Å². The molecule has 0 saturated heterocycles. The van der Waals surface area contributed by atoms with Gasteiger partial charge in [-0.3, -0.25) is 14.2 Å². The molecule has 1 aromatic carbocycles. The number of amides is 1. The lowest BCUT2D eigenvalue weighted by Gasteiger charge is -2.11. The van der Waals surface area contributed by atoms with Gasteiger partial charge in [-0.1, -0.05) is 16.8 Å². The molecule has 0 spiro atoms. The maximum Gasteiger partial charge on any atom is 0.244 e. The number of carbonyl (C=O) groups is 2. The highest BCUT2D eigenvalue weighted by atomic mass is 35.5. The molecule has 37 heavy (non-hydrogen) atoms. The summed E-state index contributed by atoms with van der Waals surface area (Å²) in [6.07, 6.45) is 3.74. The first kappa shape index (κ1) is 25.0. The van der Waals surface area contributed by atoms with Crippen LogP contribution in [-0.4, -0.2) is 34.1 Å². The van der Waals surface area contributed by atoms with E-state index in [9.17, 15) is 9.59 Å². The van der Waals surface area contributed by atoms with Crippen molar-refractivity contribution in [3.8, 4) is 22.0 Å². The van der Waals surface area contributed by atoms with E-state index in [0.717, 1.165) is 44.5 Å². The Morgan fingerprint density at radius 3 is 2.73 bits per heavy atom. The highest BCUT2D eigenvalue weighted by Crippen LogP contribution is 2.41. The number of nitrogens with one attached hydrogen (secondary N) is 1. The van der Waals surface area contributed by atoms with Crippen LogP contribution in [0.15, 0.2) is 47.0 Å². The number of carbonyl (C=O) groups excluding carboxylic acids is 2. The molecule has 0 fully saturated rings. The van der Waals surface area contributed by atoms with Gasteiger partial charge in [0.2, 0.25) is 5.91 Å². The zero-order valence-corrected chi connectivity index (χ0v) is 22.5. The van der Waals surface area contributed by atoms with Gasteiger partial charge < -0.3 is 14.6 Å². The second kappa shape index (κ2) is 10.0. The minimum absolute atomic E-state index is 0.0459. The molecule has 0 bridgehead atoms. The molecule has 1 aliphatic heterocycles. The van der Waals surface area contributed by atoms with E-state index in [2.05, 4.69) is 10.5 Å². The number of hydrogen-bond acceptors (Lipinski definition) is 6. The predicted molar refractivity (Wildman–Crippen MR) is 145 cm³/mol. The van der Waals surface area contributed by atoms with Gasteiger partial charge in [-0.25, -0.2) is 0 Å². The molecule has 9 heteroatoms. The first-order valence-electron chi connectivity index (χ1n) is 11.9. The molecule has 1 amide bonds. The summed E-state index contributed by atoms with van der Waals surface area (Å²) in [6, 6.07) is 11.6. The molecule has 4 aromatic rings. The molecule has 1 unspecified atom stereocenters. The molecular weight excluding hydrogens is 510 g/mol. The van der Waals surface area contributed by atoms with Crippen LogP contribution >= 0.6 is 22.9 Å². The number of aromatic nitrogens is 2. The van der Waals surface area contributed by atoms with E-state index < -0.39 is 0 Å². The summed E-state index contributed by atoms with van der Waals surface area (Å²) in [5, 5.41) is 7.54. The van der Waals surface area contributed by atoms with Gasteiger partial charge in [0, 0.05) is 40.4 Å². The van der Waals surface area contributed by atoms with Crippen molar-refractivity contribution in [2.45, 2.75) is 40.2 Å². The third-order valence-corrected chi connectivity index (χ3v) is 7.84. The van der Waals surface area contributed by atoms with E-state index in [1.54, 1.807) is 13.0 Å². The number of thiophene rings is 1. The van der Waals surface area contributed by atoms with Gasteiger partial charge in [0.15, 0.2) is 11.6 Å². The van der Waals surface area contributed by atoms with Gasteiger partial charge in [0.1, 0.15) is 17.6 Å². The summed E-state index contributed by atoms with van der Waals surface area (Å²) in [5.74, 6) is 1.95. The Bertz CT molecular complexity index is 1540. The van der Waals surface area contributed by atoms with Crippen molar-refractivity contribution in [3.63, 3.8) is 0 Å². The highest BCUT2D eigenvalue weighted by Gasteiger charge is 2.26. The smallest absolute Gasteiger partial charge is 0.244 e. The van der Waals surface area contributed by atoms with Crippen LogP contribution in [0.25, 0.3) is 22.3 Å². The van der Waals surface area contributed by atoms with Crippen LogP contribution in [0.4, 0.5) is 0 Å². The summed E-state index contributed by atoms with van der Waals surface area (Å²) in [7, 11) is 0. The zero-order valence-electron chi connectivity index (χ0n) is 20.9. The van der Waals surface area contributed by atoms with E-state index in [1.807, 2.05) is 61.7 Å². The number of rotatable bonds is 7. The second-order valence-corrected chi connectivity index (χ2v) is 10.6. The standard InChI is InChI=1S/C28H26ClN3O4S/c1-15-9-19(17(3)32(15)26-10-16(2)36-31-26)5-8-27(34)30-14-22-12-21-11-20(13-23(29)28(21)35-22)25-7-6-24(37-25)18(4)33/h5-11,13,22H,12,14H2,1-4H3,(H,30,34). The first-order chi connectivity index (χ1) is 17.7. The normalized spacial score (nSPS) is 14.7. The van der Waals surface area contributed by atoms with Gasteiger partial charge in [0.05, 0.1) is 16.4 Å². The second-order valence-electron chi connectivity index (χ2n) is 9.15. The van der Waals surface area contributed by atoms with Crippen LogP contribution in [0.3, 0.4) is 0 Å². The number of Topliss-reactive ketones (excluding diaryl/α,β-unsaturated/α-hetero) is 1. The number of hydrogen-bond donors (Lipinski definition) is 1. The fraction of sp³-hybridized carbons (Fsp3) is 0.250. The molecule has 1 aliphatic rings. The topological polar surface area (TPSA) is 86.4 Å². The summed E-state index contributed by atoms with van der Waals surface area (Å²) < 4.78 is 13.2. The molecule has 0 saturated carbocycles. The predicted octanol–water partition coefficient (Wildman–Crippen LogP) is 6.11. The SMILES string of the molecule is CC(=O)c1ccc(-c2cc(Cl)c3c(c2)CC(CNC(=O)C=Cc2cc(C)n(-c4cc(C)on4)c2C)O3)s1. The van der Waals surface area contributed by atoms with Crippen LogP contribution in [0.1, 0.15) is 44.9 Å². The van der Waals surface area contributed by atoms with Crippen LogP contribution in [0, 0.1) is 20.8 Å². The molecule has 5 rings (SSSR count). The fourth-order valence-electron chi connectivity index (χ4n) is 4.53. The largest absolute Gasteiger partial charge is 0.486 e. The monoisotopic (exact) mass is 535 g/mol. The lowest BCUT2D eigenvalue weighted by atomic mass is 10.1. The minimum atomic E-state index is -0.211. The molecule has 4 heterocycles. The average molecular weight is 536 g/mol. The van der Waals surface area contributed by atoms with Crippen molar-refractivity contribution in [2.24, 2.45) is 0 Å². The lowest BCUT2D eigenvalue weighted by Crippen LogP contribution is -2.33. The van der Waals surface area contributed by atoms with Gasteiger partial charge >= 0.3 is 0 Å². The Morgan fingerprint density at radius 1 is 1.22 bits per heavy atom. The summed E-state index contributed by atoms with van der Waals surface area (Å²) in [4.78, 5) is 25.9. The molecule has 3 aromatic heterocycles. The third-order valence-electron chi connectivity index (χ3n) is 6.32. The number of nitrogens with zero attached hydrogens (tertiary/aromatic N) is 2. The molecule has 7 nitrogen and oxygen atoms in total. The average Bonchev–Trinajstić information content (AvgIpc) is 3.63. The summed E-state index contributed by atoms with van der Waals surface area (Å²) in [5.41, 5.74) is 4.84. The Morgan fingerprint density at radius 2 is 2.03 bits per heavy atom. The Labute approximate surface area is 223 Å². The van der Waals surface area contributed by atoms with Gasteiger partial charge in [-0.15, -0.1) is 11.3 Å². The Kier molecular flexibility index (Phi) is 6.79. The van der Waals surface area contributed by atoms with Crippen molar-refractivity contribution in [1.82, 2.24) is 15.0 Å². The molecule has 1 atom stereocenters. The molecule has 0 radical (unpaired) electrons. The molecular formula is C28H26ClN3O4S. The van der Waals surface area contributed by atoms with Crippen molar-refractivity contribution in [3.05, 3.63) is 80.6 Å². The number of ether oxygens (including phenoxy) is 1. The molecule has 1 N–H and O–H groups in total. The molecule has 190 valence electrons. The Balaban J connectivity index is 1.21.